The number of hydrogen-bond acceptors (Lipinski definition) is 4. The fraction of sp³-hybridized carbons (Fsp3) is 0.571. The highest BCUT2D eigenvalue weighted by molar-refractivity contribution is 7.89. The molecule has 1 fully saturated rings. The van der Waals surface area contributed by atoms with Gasteiger partial charge in [-0.2, -0.15) is 4.31 Å². The normalized spacial score (nSPS) is 20.0. The molecule has 1 heterocycles. The Morgan fingerprint density at radius 2 is 2.19 bits per heavy atom. The van der Waals surface area contributed by atoms with E-state index in [2.05, 4.69) is 0 Å². The van der Waals surface area contributed by atoms with Crippen molar-refractivity contribution in [3.63, 3.8) is 0 Å². The Hall–Kier alpha value is -0.820. The highest BCUT2D eigenvalue weighted by Crippen LogP contribution is 2.33. The second-order valence-corrected chi connectivity index (χ2v) is 7.69. The molecule has 7 heteroatoms. The van der Waals surface area contributed by atoms with E-state index in [9.17, 15) is 8.42 Å². The van der Waals surface area contributed by atoms with Gasteiger partial charge in [0.1, 0.15) is 0 Å². The number of anilines is 1. The molecule has 0 aliphatic carbocycles. The first kappa shape index (κ1) is 16.5. The van der Waals surface area contributed by atoms with Crippen LogP contribution in [0.15, 0.2) is 17.0 Å². The van der Waals surface area contributed by atoms with E-state index in [1.165, 1.54) is 10.4 Å². The number of nitrogens with two attached hydrogens (primary N) is 1. The molecule has 0 radical (unpaired) electrons. The topological polar surface area (TPSA) is 83.6 Å². The van der Waals surface area contributed by atoms with Crippen LogP contribution in [0.3, 0.4) is 0 Å². The Kier molecular flexibility index (Phi) is 5.14. The maximum absolute atomic E-state index is 12.9. The largest absolute Gasteiger partial charge is 0.398 e. The smallest absolute Gasteiger partial charge is 0.243 e. The van der Waals surface area contributed by atoms with Gasteiger partial charge in [-0.05, 0) is 50.3 Å². The van der Waals surface area contributed by atoms with E-state index in [0.29, 0.717) is 35.7 Å². The van der Waals surface area contributed by atoms with Gasteiger partial charge < -0.3 is 10.8 Å². The number of sulfonamides is 1. The lowest BCUT2D eigenvalue weighted by molar-refractivity contribution is 0.264. The van der Waals surface area contributed by atoms with Crippen molar-refractivity contribution in [3.8, 4) is 0 Å². The van der Waals surface area contributed by atoms with Gasteiger partial charge in [-0.25, -0.2) is 8.42 Å². The summed E-state index contributed by atoms with van der Waals surface area (Å²) in [6.07, 6.45) is 2.94. The Morgan fingerprint density at radius 3 is 2.86 bits per heavy atom. The molecule has 1 aliphatic rings. The van der Waals surface area contributed by atoms with Crippen molar-refractivity contribution in [2.45, 2.75) is 43.5 Å². The molecule has 118 valence electrons. The van der Waals surface area contributed by atoms with Crippen molar-refractivity contribution in [3.05, 3.63) is 22.7 Å². The summed E-state index contributed by atoms with van der Waals surface area (Å²) in [7, 11) is -3.61. The number of benzene rings is 1. The number of nitrogen functional groups attached to an aromatic ring is 1. The molecule has 0 saturated carbocycles. The highest BCUT2D eigenvalue weighted by atomic mass is 35.5. The molecule has 0 aromatic heterocycles. The standard InChI is InChI=1S/C14H21ClN2O3S/c1-10-13(16)8-11(15)9-14(10)21(19,20)17-6-2-4-12(17)5-3-7-18/h8-9,12,18H,2-7,16H2,1H3. The lowest BCUT2D eigenvalue weighted by Gasteiger charge is -2.25. The van der Waals surface area contributed by atoms with Crippen LogP contribution in [-0.4, -0.2) is 37.0 Å². The van der Waals surface area contributed by atoms with Crippen LogP contribution in [0.1, 0.15) is 31.2 Å². The van der Waals surface area contributed by atoms with Crippen molar-refractivity contribution >= 4 is 27.3 Å². The van der Waals surface area contributed by atoms with E-state index in [1.54, 1.807) is 13.0 Å². The van der Waals surface area contributed by atoms with Gasteiger partial charge in [-0.3, -0.25) is 0 Å². The number of hydrogen-bond donors (Lipinski definition) is 2. The summed E-state index contributed by atoms with van der Waals surface area (Å²) < 4.78 is 27.3. The van der Waals surface area contributed by atoms with Crippen LogP contribution < -0.4 is 5.73 Å². The van der Waals surface area contributed by atoms with Crippen LogP contribution in [0.25, 0.3) is 0 Å². The zero-order valence-electron chi connectivity index (χ0n) is 12.0. The first-order valence-corrected chi connectivity index (χ1v) is 8.88. The minimum Gasteiger partial charge on any atom is -0.398 e. The molecule has 0 amide bonds. The Morgan fingerprint density at radius 1 is 1.48 bits per heavy atom. The van der Waals surface area contributed by atoms with Gasteiger partial charge in [-0.1, -0.05) is 11.6 Å². The molecule has 5 nitrogen and oxygen atoms in total. The molecule has 0 spiro atoms. The van der Waals surface area contributed by atoms with Crippen LogP contribution in [0, 0.1) is 6.92 Å². The van der Waals surface area contributed by atoms with Crippen LogP contribution >= 0.6 is 11.6 Å². The van der Waals surface area contributed by atoms with Crippen LogP contribution in [0.2, 0.25) is 5.02 Å². The van der Waals surface area contributed by atoms with Gasteiger partial charge in [0.15, 0.2) is 0 Å². The molecule has 3 N–H and O–H groups in total. The van der Waals surface area contributed by atoms with Crippen molar-refractivity contribution in [2.24, 2.45) is 0 Å². The van der Waals surface area contributed by atoms with E-state index in [-0.39, 0.29) is 17.5 Å². The molecule has 1 atom stereocenters. The van der Waals surface area contributed by atoms with Crippen molar-refractivity contribution in [2.75, 3.05) is 18.9 Å². The molecule has 1 aromatic carbocycles. The summed E-state index contributed by atoms with van der Waals surface area (Å²) in [5.74, 6) is 0. The number of halogens is 1. The van der Waals surface area contributed by atoms with E-state index in [1.807, 2.05) is 0 Å². The third-order valence-electron chi connectivity index (χ3n) is 3.97. The molecule has 21 heavy (non-hydrogen) atoms. The van der Waals surface area contributed by atoms with Gasteiger partial charge in [0, 0.05) is 29.9 Å². The Balaban J connectivity index is 2.38. The van der Waals surface area contributed by atoms with Crippen LogP contribution in [0.5, 0.6) is 0 Å². The summed E-state index contributed by atoms with van der Waals surface area (Å²) >= 11 is 5.96. The third-order valence-corrected chi connectivity index (χ3v) is 6.27. The molecule has 1 aromatic rings. The average molecular weight is 333 g/mol. The summed E-state index contributed by atoms with van der Waals surface area (Å²) in [5, 5.41) is 9.27. The van der Waals surface area contributed by atoms with Gasteiger partial charge in [0.05, 0.1) is 4.90 Å². The van der Waals surface area contributed by atoms with E-state index < -0.39 is 10.0 Å². The van der Waals surface area contributed by atoms with Crippen molar-refractivity contribution < 1.29 is 13.5 Å². The SMILES string of the molecule is Cc1c(N)cc(Cl)cc1S(=O)(=O)N1CCCC1CCCO. The average Bonchev–Trinajstić information content (AvgIpc) is 2.89. The zero-order chi connectivity index (χ0) is 15.6. The van der Waals surface area contributed by atoms with E-state index >= 15 is 0 Å². The zero-order valence-corrected chi connectivity index (χ0v) is 13.6. The van der Waals surface area contributed by atoms with Crippen molar-refractivity contribution in [1.82, 2.24) is 4.31 Å². The third kappa shape index (κ3) is 3.34. The predicted molar refractivity (Wildman–Crippen MR) is 83.8 cm³/mol. The molecule has 0 bridgehead atoms. The van der Waals surface area contributed by atoms with E-state index in [0.717, 1.165) is 12.8 Å². The number of rotatable bonds is 5. The first-order valence-electron chi connectivity index (χ1n) is 7.06. The molecule has 1 unspecified atom stereocenters. The van der Waals surface area contributed by atoms with Gasteiger partial charge in [-0.15, -0.1) is 0 Å². The second-order valence-electron chi connectivity index (χ2n) is 5.40. The number of aliphatic hydroxyl groups excluding tert-OH is 1. The highest BCUT2D eigenvalue weighted by Gasteiger charge is 2.36. The predicted octanol–water partition coefficient (Wildman–Crippen LogP) is 2.16. The number of aliphatic hydroxyl groups is 1. The van der Waals surface area contributed by atoms with Gasteiger partial charge >= 0.3 is 0 Å². The van der Waals surface area contributed by atoms with Gasteiger partial charge in [0.2, 0.25) is 10.0 Å². The fourth-order valence-electron chi connectivity index (χ4n) is 2.81. The summed E-state index contributed by atoms with van der Waals surface area (Å²) in [4.78, 5) is 0.184. The fourth-order valence-corrected chi connectivity index (χ4v) is 5.11. The summed E-state index contributed by atoms with van der Waals surface area (Å²) in [5.41, 5.74) is 6.75. The lowest BCUT2D eigenvalue weighted by Crippen LogP contribution is -2.36. The number of nitrogens with zero attached hydrogens (tertiary/aromatic N) is 1. The van der Waals surface area contributed by atoms with Crippen LogP contribution in [-0.2, 0) is 10.0 Å². The van der Waals surface area contributed by atoms with Crippen molar-refractivity contribution in [1.29, 1.82) is 0 Å². The Labute approximate surface area is 130 Å². The molecular formula is C14H21ClN2O3S. The van der Waals surface area contributed by atoms with Gasteiger partial charge in [0.25, 0.3) is 0 Å². The quantitative estimate of drug-likeness (QED) is 0.809. The maximum Gasteiger partial charge on any atom is 0.243 e. The van der Waals surface area contributed by atoms with E-state index in [4.69, 9.17) is 22.4 Å². The summed E-state index contributed by atoms with van der Waals surface area (Å²) in [6, 6.07) is 2.97. The minimum absolute atomic E-state index is 0.0539. The molecule has 2 rings (SSSR count). The molecular weight excluding hydrogens is 312 g/mol. The Bertz CT molecular complexity index is 619. The summed E-state index contributed by atoms with van der Waals surface area (Å²) in [6.45, 7) is 2.27. The monoisotopic (exact) mass is 332 g/mol. The lowest BCUT2D eigenvalue weighted by atomic mass is 10.1. The molecule has 1 aliphatic heterocycles. The van der Waals surface area contributed by atoms with Crippen LogP contribution in [0.4, 0.5) is 5.69 Å². The first-order chi connectivity index (χ1) is 9.87. The second kappa shape index (κ2) is 6.52. The minimum atomic E-state index is -3.61. The maximum atomic E-state index is 12.9. The molecule has 1 saturated heterocycles.